The number of pyridine rings is 1. The van der Waals surface area contributed by atoms with E-state index in [0.717, 1.165) is 0 Å². The minimum absolute atomic E-state index is 0.0492. The fourth-order valence-electron chi connectivity index (χ4n) is 1.27. The van der Waals surface area contributed by atoms with Crippen LogP contribution < -0.4 is 5.73 Å². The summed E-state index contributed by atoms with van der Waals surface area (Å²) in [4.78, 5) is 24.9. The van der Waals surface area contributed by atoms with Crippen LogP contribution in [0.1, 0.15) is 5.56 Å². The van der Waals surface area contributed by atoms with Crippen molar-refractivity contribution in [3.8, 4) is 0 Å². The first-order valence-electron chi connectivity index (χ1n) is 5.49. The van der Waals surface area contributed by atoms with E-state index in [2.05, 4.69) is 15.2 Å². The lowest BCUT2D eigenvalue weighted by molar-refractivity contribution is -0.385. The van der Waals surface area contributed by atoms with E-state index in [1.54, 1.807) is 6.92 Å². The van der Waals surface area contributed by atoms with Crippen molar-refractivity contribution >= 4 is 46.5 Å². The molecule has 2 N–H and O–H groups in total. The number of aryl methyl sites for hydroxylation is 1. The van der Waals surface area contributed by atoms with Gasteiger partial charge in [0.05, 0.1) is 10.7 Å². The maximum atomic E-state index is 10.7. The molecule has 0 saturated heterocycles. The van der Waals surface area contributed by atoms with E-state index in [1.807, 2.05) is 0 Å². The van der Waals surface area contributed by atoms with Crippen LogP contribution >= 0.6 is 34.9 Å². The molecule has 11 heteroatoms. The molecular weight excluding hydrogens is 334 g/mol. The highest BCUT2D eigenvalue weighted by Gasteiger charge is 2.13. The summed E-state index contributed by atoms with van der Waals surface area (Å²) in [5.41, 5.74) is 5.70. The summed E-state index contributed by atoms with van der Waals surface area (Å²) in [6, 6.07) is 1.46. The predicted octanol–water partition coefficient (Wildman–Crippen LogP) is 1.88. The lowest BCUT2D eigenvalue weighted by Gasteiger charge is -2.00. The highest BCUT2D eigenvalue weighted by atomic mass is 32.2. The molecule has 0 unspecified atom stereocenters. The highest BCUT2D eigenvalue weighted by Crippen LogP contribution is 2.34. The summed E-state index contributed by atoms with van der Waals surface area (Å²) >= 11 is 3.80. The monoisotopic (exact) mass is 343 g/mol. The Labute approximate surface area is 131 Å². The summed E-state index contributed by atoms with van der Waals surface area (Å²) in [5, 5.41) is 19.2. The number of nitro groups is 1. The van der Waals surface area contributed by atoms with Gasteiger partial charge in [0.2, 0.25) is 5.91 Å². The van der Waals surface area contributed by atoms with Crippen molar-refractivity contribution in [3.05, 3.63) is 27.9 Å². The van der Waals surface area contributed by atoms with Crippen LogP contribution in [0.4, 0.5) is 5.69 Å². The van der Waals surface area contributed by atoms with Gasteiger partial charge in [-0.2, -0.15) is 0 Å². The topological polar surface area (TPSA) is 125 Å². The molecule has 21 heavy (non-hydrogen) atoms. The van der Waals surface area contributed by atoms with Crippen molar-refractivity contribution in [2.45, 2.75) is 20.6 Å². The Balaban J connectivity index is 2.08. The number of hydrogen-bond donors (Lipinski definition) is 1. The number of nitrogens with two attached hydrogens (primary N) is 1. The SMILES string of the molecule is Cc1cc([N+](=O)[O-])cnc1Sc1nnc(SCC(N)=O)s1. The average Bonchev–Trinajstić information content (AvgIpc) is 2.86. The third-order valence-electron chi connectivity index (χ3n) is 2.14. The van der Waals surface area contributed by atoms with Crippen LogP contribution in [-0.2, 0) is 4.79 Å². The van der Waals surface area contributed by atoms with Crippen molar-refractivity contribution in [2.24, 2.45) is 5.73 Å². The van der Waals surface area contributed by atoms with Crippen LogP contribution in [-0.4, -0.2) is 31.8 Å². The van der Waals surface area contributed by atoms with E-state index in [-0.39, 0.29) is 11.4 Å². The van der Waals surface area contributed by atoms with Crippen LogP contribution in [0.2, 0.25) is 0 Å². The Kier molecular flexibility index (Phi) is 5.09. The summed E-state index contributed by atoms with van der Waals surface area (Å²) in [6.07, 6.45) is 1.21. The molecule has 110 valence electrons. The molecule has 2 heterocycles. The Hall–Kier alpha value is -1.72. The Bertz CT molecular complexity index is 690. The maximum absolute atomic E-state index is 10.7. The first kappa shape index (κ1) is 15.7. The molecule has 8 nitrogen and oxygen atoms in total. The minimum atomic E-state index is -0.488. The van der Waals surface area contributed by atoms with Gasteiger partial charge in [-0.3, -0.25) is 14.9 Å². The fraction of sp³-hybridized carbons (Fsp3) is 0.200. The van der Waals surface area contributed by atoms with Crippen molar-refractivity contribution in [2.75, 3.05) is 5.75 Å². The Morgan fingerprint density at radius 3 is 2.81 bits per heavy atom. The number of amides is 1. The van der Waals surface area contributed by atoms with Crippen LogP contribution in [0.15, 0.2) is 26.0 Å². The van der Waals surface area contributed by atoms with Gasteiger partial charge in [0.15, 0.2) is 8.68 Å². The summed E-state index contributed by atoms with van der Waals surface area (Å²) in [6.45, 7) is 1.74. The molecule has 0 aliphatic carbocycles. The quantitative estimate of drug-likeness (QED) is 0.479. The van der Waals surface area contributed by atoms with E-state index in [9.17, 15) is 14.9 Å². The Morgan fingerprint density at radius 1 is 1.48 bits per heavy atom. The summed E-state index contributed by atoms with van der Waals surface area (Å²) in [5.74, 6) is -0.272. The molecule has 0 fully saturated rings. The number of nitrogens with zero attached hydrogens (tertiary/aromatic N) is 4. The second-order valence-electron chi connectivity index (χ2n) is 3.76. The fourth-order valence-corrected chi connectivity index (χ4v) is 3.96. The van der Waals surface area contributed by atoms with Gasteiger partial charge in [-0.25, -0.2) is 4.98 Å². The molecule has 1 amide bonds. The van der Waals surface area contributed by atoms with Crippen molar-refractivity contribution < 1.29 is 9.72 Å². The zero-order valence-corrected chi connectivity index (χ0v) is 13.1. The zero-order chi connectivity index (χ0) is 15.4. The van der Waals surface area contributed by atoms with Gasteiger partial charge >= 0.3 is 0 Å². The summed E-state index contributed by atoms with van der Waals surface area (Å²) < 4.78 is 1.28. The number of rotatable bonds is 6. The van der Waals surface area contributed by atoms with Gasteiger partial charge in [0.1, 0.15) is 11.2 Å². The van der Waals surface area contributed by atoms with E-state index < -0.39 is 10.8 Å². The number of aromatic nitrogens is 3. The van der Waals surface area contributed by atoms with Crippen molar-refractivity contribution in [1.29, 1.82) is 0 Å². The molecule has 0 saturated carbocycles. The number of primary amides is 1. The smallest absolute Gasteiger partial charge is 0.287 e. The number of hydrogen-bond acceptors (Lipinski definition) is 9. The molecule has 0 radical (unpaired) electrons. The molecule has 0 aliphatic rings. The van der Waals surface area contributed by atoms with Gasteiger partial charge in [0.25, 0.3) is 5.69 Å². The van der Waals surface area contributed by atoms with Crippen LogP contribution in [0.3, 0.4) is 0 Å². The highest BCUT2D eigenvalue weighted by molar-refractivity contribution is 8.03. The van der Waals surface area contributed by atoms with E-state index in [0.29, 0.717) is 19.3 Å². The van der Waals surface area contributed by atoms with Gasteiger partial charge in [-0.15, -0.1) is 10.2 Å². The van der Waals surface area contributed by atoms with E-state index in [1.165, 1.54) is 47.1 Å². The first-order valence-corrected chi connectivity index (χ1v) is 8.11. The molecule has 0 bridgehead atoms. The standard InChI is InChI=1S/C10H9N5O3S3/c1-5-2-6(15(17)18)3-12-8(5)20-10-14-13-9(21-10)19-4-7(11)16/h2-3H,4H2,1H3,(H2,11,16). The average molecular weight is 343 g/mol. The number of carbonyl (C=O) groups excluding carboxylic acids is 1. The van der Waals surface area contributed by atoms with Gasteiger partial charge in [0, 0.05) is 6.07 Å². The van der Waals surface area contributed by atoms with Crippen molar-refractivity contribution in [1.82, 2.24) is 15.2 Å². The third-order valence-corrected chi connectivity index (χ3v) is 5.39. The van der Waals surface area contributed by atoms with Gasteiger partial charge in [-0.1, -0.05) is 23.1 Å². The minimum Gasteiger partial charge on any atom is -0.369 e. The number of thioether (sulfide) groups is 1. The predicted molar refractivity (Wildman–Crippen MR) is 79.6 cm³/mol. The van der Waals surface area contributed by atoms with Crippen LogP contribution in [0, 0.1) is 17.0 Å². The molecule has 0 aromatic carbocycles. The maximum Gasteiger partial charge on any atom is 0.287 e. The molecule has 2 aromatic heterocycles. The first-order chi connectivity index (χ1) is 9.95. The molecular formula is C10H9N5O3S3. The molecule has 2 rings (SSSR count). The van der Waals surface area contributed by atoms with Crippen LogP contribution in [0.25, 0.3) is 0 Å². The molecule has 0 atom stereocenters. The molecule has 2 aromatic rings. The van der Waals surface area contributed by atoms with Gasteiger partial charge in [-0.05, 0) is 24.2 Å². The number of carbonyl (C=O) groups is 1. The normalized spacial score (nSPS) is 10.5. The van der Waals surface area contributed by atoms with E-state index >= 15 is 0 Å². The third kappa shape index (κ3) is 4.37. The lowest BCUT2D eigenvalue weighted by atomic mass is 10.3. The van der Waals surface area contributed by atoms with E-state index in [4.69, 9.17) is 5.73 Å². The second kappa shape index (κ2) is 6.83. The lowest BCUT2D eigenvalue weighted by Crippen LogP contribution is -2.12. The summed E-state index contributed by atoms with van der Waals surface area (Å²) in [7, 11) is 0. The Morgan fingerprint density at radius 2 is 2.19 bits per heavy atom. The van der Waals surface area contributed by atoms with Crippen LogP contribution in [0.5, 0.6) is 0 Å². The largest absolute Gasteiger partial charge is 0.369 e. The van der Waals surface area contributed by atoms with Gasteiger partial charge < -0.3 is 5.73 Å². The second-order valence-corrected chi connectivity index (χ2v) is 7.20. The zero-order valence-electron chi connectivity index (χ0n) is 10.7. The van der Waals surface area contributed by atoms with Crippen molar-refractivity contribution in [3.63, 3.8) is 0 Å². The molecule has 0 aliphatic heterocycles. The molecule has 0 spiro atoms.